The molecule has 0 aromatic rings. The molecule has 2 aliphatic rings. The van der Waals surface area contributed by atoms with Crippen LogP contribution in [0.15, 0.2) is 0 Å². The minimum Gasteiger partial charge on any atom is -0.479 e. The second-order valence-corrected chi connectivity index (χ2v) is 6.23. The predicted molar refractivity (Wildman–Crippen MR) is 79.1 cm³/mol. The molecule has 0 aromatic carbocycles. The highest BCUT2D eigenvalue weighted by Gasteiger charge is 2.50. The van der Waals surface area contributed by atoms with Crippen LogP contribution in [0, 0.1) is 5.92 Å². The molecule has 0 amide bonds. The Morgan fingerprint density at radius 3 is 2.28 bits per heavy atom. The monoisotopic (exact) mass is 367 g/mol. The van der Waals surface area contributed by atoms with Gasteiger partial charge >= 0.3 is 5.97 Å². The standard InChI is InChI=1S/C14H25NO10/c1-4-7(17)9(19)14(24-10(4)12(20)21)25-11-5(3-16)23-13(22-2)6(15)8(11)18/h4-11,13-14,16-19H,3,15H2,1-2H3,(H,20,21)/t4-,5?,6?,7?,8?,9-,10?,11+,13+,14-/m0/s1. The number of ether oxygens (including phenoxy) is 4. The van der Waals surface area contributed by atoms with Crippen molar-refractivity contribution >= 4 is 5.97 Å². The average Bonchev–Trinajstić information content (AvgIpc) is 2.58. The topological polar surface area (TPSA) is 181 Å². The maximum atomic E-state index is 11.2. The summed E-state index contributed by atoms with van der Waals surface area (Å²) in [4.78, 5) is 11.2. The summed E-state index contributed by atoms with van der Waals surface area (Å²) in [5.41, 5.74) is 5.80. The van der Waals surface area contributed by atoms with Crippen LogP contribution < -0.4 is 5.73 Å². The molecule has 5 unspecified atom stereocenters. The fourth-order valence-electron chi connectivity index (χ4n) is 3.02. The molecule has 146 valence electrons. The highest BCUT2D eigenvalue weighted by molar-refractivity contribution is 5.73. The summed E-state index contributed by atoms with van der Waals surface area (Å²) in [5, 5.41) is 49.1. The normalized spacial score (nSPS) is 48.3. The highest BCUT2D eigenvalue weighted by Crippen LogP contribution is 2.30. The number of nitrogens with two attached hydrogens (primary N) is 1. The van der Waals surface area contributed by atoms with E-state index < -0.39 is 73.7 Å². The molecular formula is C14H25NO10. The van der Waals surface area contributed by atoms with E-state index in [4.69, 9.17) is 24.7 Å². The van der Waals surface area contributed by atoms with Crippen LogP contribution in [0.5, 0.6) is 0 Å². The largest absolute Gasteiger partial charge is 0.479 e. The van der Waals surface area contributed by atoms with Crippen molar-refractivity contribution in [1.29, 1.82) is 0 Å². The third-order valence-electron chi connectivity index (χ3n) is 4.59. The number of carboxylic acids is 1. The molecule has 2 aliphatic heterocycles. The number of aliphatic hydroxyl groups is 4. The van der Waals surface area contributed by atoms with Gasteiger partial charge in [-0.15, -0.1) is 0 Å². The summed E-state index contributed by atoms with van der Waals surface area (Å²) >= 11 is 0. The summed E-state index contributed by atoms with van der Waals surface area (Å²) in [5.74, 6) is -2.21. The molecule has 0 saturated carbocycles. The van der Waals surface area contributed by atoms with Crippen LogP contribution >= 0.6 is 0 Å². The van der Waals surface area contributed by atoms with E-state index in [-0.39, 0.29) is 0 Å². The molecule has 0 spiro atoms. The summed E-state index contributed by atoms with van der Waals surface area (Å²) in [6, 6.07) is -1.02. The number of aliphatic hydroxyl groups excluding tert-OH is 4. The Labute approximate surface area is 143 Å². The van der Waals surface area contributed by atoms with Gasteiger partial charge in [0.25, 0.3) is 0 Å². The number of hydrogen-bond donors (Lipinski definition) is 6. The van der Waals surface area contributed by atoms with Crippen molar-refractivity contribution in [3.63, 3.8) is 0 Å². The number of carboxylic acid groups (broad SMARTS) is 1. The van der Waals surface area contributed by atoms with Gasteiger partial charge in [-0.05, 0) is 0 Å². The molecule has 0 aromatic heterocycles. The molecule has 2 fully saturated rings. The first-order valence-corrected chi connectivity index (χ1v) is 7.85. The number of methoxy groups -OCH3 is 1. The molecule has 2 saturated heterocycles. The van der Waals surface area contributed by atoms with Gasteiger partial charge < -0.3 is 50.2 Å². The number of rotatable bonds is 5. The Kier molecular flexibility index (Phi) is 6.70. The second-order valence-electron chi connectivity index (χ2n) is 6.23. The lowest BCUT2D eigenvalue weighted by molar-refractivity contribution is -0.335. The van der Waals surface area contributed by atoms with Crippen molar-refractivity contribution in [2.75, 3.05) is 13.7 Å². The lowest BCUT2D eigenvalue weighted by Gasteiger charge is -2.46. The summed E-state index contributed by atoms with van der Waals surface area (Å²) in [6.45, 7) is 0.857. The minimum absolute atomic E-state index is 0.557. The van der Waals surface area contributed by atoms with Gasteiger partial charge in [-0.1, -0.05) is 6.92 Å². The Balaban J connectivity index is 2.16. The van der Waals surface area contributed by atoms with Crippen molar-refractivity contribution in [2.45, 2.75) is 62.2 Å². The van der Waals surface area contributed by atoms with E-state index in [2.05, 4.69) is 0 Å². The Bertz CT molecular complexity index is 463. The SMILES string of the molecule is CO[C@@H]1OC(CO)[C@@H](O[C@@H]2OC(C(=O)O)[C@@H](C)C(O)[C@@H]2O)C(O)C1N. The lowest BCUT2D eigenvalue weighted by Crippen LogP contribution is -2.65. The predicted octanol–water partition coefficient (Wildman–Crippen LogP) is -3.41. The van der Waals surface area contributed by atoms with Gasteiger partial charge in [-0.25, -0.2) is 4.79 Å². The Hall–Kier alpha value is -0.890. The third-order valence-corrected chi connectivity index (χ3v) is 4.59. The molecule has 7 N–H and O–H groups in total. The van der Waals surface area contributed by atoms with E-state index in [0.29, 0.717) is 0 Å². The van der Waals surface area contributed by atoms with Gasteiger partial charge in [0.1, 0.15) is 24.4 Å². The quantitative estimate of drug-likeness (QED) is 0.285. The maximum Gasteiger partial charge on any atom is 0.333 e. The third kappa shape index (κ3) is 3.94. The minimum atomic E-state index is -1.56. The van der Waals surface area contributed by atoms with Crippen LogP contribution in [0.2, 0.25) is 0 Å². The van der Waals surface area contributed by atoms with E-state index in [9.17, 15) is 30.3 Å². The van der Waals surface area contributed by atoms with E-state index >= 15 is 0 Å². The van der Waals surface area contributed by atoms with Crippen molar-refractivity contribution in [1.82, 2.24) is 0 Å². The molecule has 2 heterocycles. The van der Waals surface area contributed by atoms with Gasteiger partial charge in [0, 0.05) is 13.0 Å². The van der Waals surface area contributed by atoms with Crippen LogP contribution in [0.1, 0.15) is 6.92 Å². The lowest BCUT2D eigenvalue weighted by atomic mass is 9.90. The van der Waals surface area contributed by atoms with Crippen LogP contribution in [-0.2, 0) is 23.7 Å². The smallest absolute Gasteiger partial charge is 0.333 e. The fraction of sp³-hybridized carbons (Fsp3) is 0.929. The maximum absolute atomic E-state index is 11.2. The first kappa shape index (κ1) is 20.4. The van der Waals surface area contributed by atoms with E-state index in [1.165, 1.54) is 14.0 Å². The first-order valence-electron chi connectivity index (χ1n) is 7.85. The molecular weight excluding hydrogens is 342 g/mol. The second kappa shape index (κ2) is 8.20. The van der Waals surface area contributed by atoms with Crippen molar-refractivity contribution in [3.8, 4) is 0 Å². The molecule has 0 aliphatic carbocycles. The molecule has 0 radical (unpaired) electrons. The number of aliphatic carboxylic acids is 1. The van der Waals surface area contributed by atoms with Crippen molar-refractivity contribution in [2.24, 2.45) is 11.7 Å². The van der Waals surface area contributed by atoms with Crippen LogP contribution in [0.4, 0.5) is 0 Å². The number of hydrogen-bond acceptors (Lipinski definition) is 10. The van der Waals surface area contributed by atoms with Crippen molar-refractivity contribution < 1.29 is 49.3 Å². The van der Waals surface area contributed by atoms with E-state index in [1.54, 1.807) is 0 Å². The molecule has 25 heavy (non-hydrogen) atoms. The van der Waals surface area contributed by atoms with Gasteiger partial charge in [0.05, 0.1) is 18.8 Å². The summed E-state index contributed by atoms with van der Waals surface area (Å²) < 4.78 is 21.0. The zero-order chi connectivity index (χ0) is 18.9. The summed E-state index contributed by atoms with van der Waals surface area (Å²) in [6.07, 6.45) is -10.6. The van der Waals surface area contributed by atoms with Gasteiger partial charge in [-0.3, -0.25) is 0 Å². The molecule has 11 nitrogen and oxygen atoms in total. The number of carbonyl (C=O) groups is 1. The van der Waals surface area contributed by atoms with Crippen LogP contribution in [0.3, 0.4) is 0 Å². The van der Waals surface area contributed by atoms with Gasteiger partial charge in [0.2, 0.25) is 0 Å². The van der Waals surface area contributed by atoms with Gasteiger partial charge in [0.15, 0.2) is 18.7 Å². The van der Waals surface area contributed by atoms with Crippen LogP contribution in [-0.4, -0.2) is 100 Å². The zero-order valence-electron chi connectivity index (χ0n) is 13.8. The van der Waals surface area contributed by atoms with Crippen LogP contribution in [0.25, 0.3) is 0 Å². The molecule has 0 bridgehead atoms. The average molecular weight is 367 g/mol. The van der Waals surface area contributed by atoms with E-state index in [0.717, 1.165) is 0 Å². The Morgan fingerprint density at radius 1 is 1.12 bits per heavy atom. The van der Waals surface area contributed by atoms with Gasteiger partial charge in [-0.2, -0.15) is 0 Å². The van der Waals surface area contributed by atoms with E-state index in [1.807, 2.05) is 0 Å². The first-order chi connectivity index (χ1) is 11.7. The Morgan fingerprint density at radius 2 is 1.76 bits per heavy atom. The summed E-state index contributed by atoms with van der Waals surface area (Å²) in [7, 11) is 1.32. The molecule has 10 atom stereocenters. The highest BCUT2D eigenvalue weighted by atomic mass is 16.7. The molecule has 11 heteroatoms. The molecule has 2 rings (SSSR count). The zero-order valence-corrected chi connectivity index (χ0v) is 13.8. The van der Waals surface area contributed by atoms with Crippen molar-refractivity contribution in [3.05, 3.63) is 0 Å². The fourth-order valence-corrected chi connectivity index (χ4v) is 3.02.